The fourth-order valence-electron chi connectivity index (χ4n) is 3.69. The smallest absolute Gasteiger partial charge is 0.264 e. The molecule has 3 aromatic rings. The Labute approximate surface area is 222 Å². The van der Waals surface area contributed by atoms with E-state index in [0.717, 1.165) is 15.4 Å². The molecular formula is C27H30ClN3O5S. The number of benzene rings is 3. The fraction of sp³-hybridized carbons (Fsp3) is 0.259. The van der Waals surface area contributed by atoms with Gasteiger partial charge in [-0.25, -0.2) is 8.42 Å². The number of hydrogen-bond donors (Lipinski definition) is 1. The average molecular weight is 544 g/mol. The van der Waals surface area contributed by atoms with Gasteiger partial charge in [-0.3, -0.25) is 13.9 Å². The summed E-state index contributed by atoms with van der Waals surface area (Å²) >= 11 is 6.03. The number of methoxy groups -OCH3 is 1. The SMILES string of the molecule is CNC(=O)[C@H](C)N(Cc1ccc(C)cc1)C(=O)CN(c1ccc(Cl)cc1)S(=O)(=O)c1ccc(OC)cc1. The summed E-state index contributed by atoms with van der Waals surface area (Å²) in [7, 11) is -1.19. The van der Waals surface area contributed by atoms with Crippen LogP contribution in [0.3, 0.4) is 0 Å². The van der Waals surface area contributed by atoms with Gasteiger partial charge in [-0.15, -0.1) is 0 Å². The zero-order valence-electron chi connectivity index (χ0n) is 21.1. The van der Waals surface area contributed by atoms with Gasteiger partial charge < -0.3 is 15.0 Å². The molecule has 0 bridgehead atoms. The topological polar surface area (TPSA) is 96.0 Å². The van der Waals surface area contributed by atoms with Crippen molar-refractivity contribution in [2.24, 2.45) is 0 Å². The van der Waals surface area contributed by atoms with Crippen molar-refractivity contribution < 1.29 is 22.7 Å². The van der Waals surface area contributed by atoms with Gasteiger partial charge >= 0.3 is 0 Å². The Bertz CT molecular complexity index is 1330. The summed E-state index contributed by atoms with van der Waals surface area (Å²) in [4.78, 5) is 27.6. The number of sulfonamides is 1. The maximum absolute atomic E-state index is 13.7. The third-order valence-corrected chi connectivity index (χ3v) is 7.97. The number of carbonyl (C=O) groups is 2. The number of carbonyl (C=O) groups excluding carboxylic acids is 2. The minimum Gasteiger partial charge on any atom is -0.497 e. The van der Waals surface area contributed by atoms with Crippen LogP contribution in [0.25, 0.3) is 0 Å². The van der Waals surface area contributed by atoms with Crippen LogP contribution in [0.15, 0.2) is 77.7 Å². The van der Waals surface area contributed by atoms with Crippen LogP contribution in [0.2, 0.25) is 5.02 Å². The van der Waals surface area contributed by atoms with Gasteiger partial charge in [0.15, 0.2) is 0 Å². The summed E-state index contributed by atoms with van der Waals surface area (Å²) in [6.07, 6.45) is 0. The highest BCUT2D eigenvalue weighted by atomic mass is 35.5. The molecule has 0 spiro atoms. The van der Waals surface area contributed by atoms with Crippen LogP contribution in [0.4, 0.5) is 5.69 Å². The molecule has 0 aliphatic carbocycles. The van der Waals surface area contributed by atoms with Gasteiger partial charge in [0.05, 0.1) is 17.7 Å². The molecule has 1 atom stereocenters. The van der Waals surface area contributed by atoms with E-state index in [-0.39, 0.29) is 23.0 Å². The van der Waals surface area contributed by atoms with Crippen molar-refractivity contribution >= 4 is 39.1 Å². The number of hydrogen-bond acceptors (Lipinski definition) is 5. The first kappa shape index (κ1) is 28.0. The maximum Gasteiger partial charge on any atom is 0.264 e. The highest BCUT2D eigenvalue weighted by molar-refractivity contribution is 7.92. The zero-order valence-corrected chi connectivity index (χ0v) is 22.7. The first-order chi connectivity index (χ1) is 17.6. The zero-order chi connectivity index (χ0) is 27.2. The first-order valence-corrected chi connectivity index (χ1v) is 13.4. The second-order valence-corrected chi connectivity index (χ2v) is 10.8. The predicted octanol–water partition coefficient (Wildman–Crippen LogP) is 4.02. The summed E-state index contributed by atoms with van der Waals surface area (Å²) in [6.45, 7) is 3.16. The summed E-state index contributed by atoms with van der Waals surface area (Å²) < 4.78 is 33.6. The Kier molecular flexibility index (Phi) is 9.18. The number of nitrogens with one attached hydrogen (secondary N) is 1. The molecule has 0 aliphatic heterocycles. The van der Waals surface area contributed by atoms with Crippen LogP contribution in [0.1, 0.15) is 18.1 Å². The van der Waals surface area contributed by atoms with E-state index in [4.69, 9.17) is 16.3 Å². The van der Waals surface area contributed by atoms with Gasteiger partial charge in [0.1, 0.15) is 18.3 Å². The molecule has 0 aliphatic rings. The lowest BCUT2D eigenvalue weighted by Crippen LogP contribution is -2.50. The van der Waals surface area contributed by atoms with E-state index in [0.29, 0.717) is 10.8 Å². The Hall–Kier alpha value is -3.56. The van der Waals surface area contributed by atoms with Gasteiger partial charge in [0, 0.05) is 18.6 Å². The molecule has 37 heavy (non-hydrogen) atoms. The van der Waals surface area contributed by atoms with Crippen molar-refractivity contribution in [3.05, 3.63) is 88.9 Å². The molecular weight excluding hydrogens is 514 g/mol. The van der Waals surface area contributed by atoms with Crippen molar-refractivity contribution in [3.8, 4) is 5.75 Å². The minimum absolute atomic E-state index is 0.0134. The number of nitrogens with zero attached hydrogens (tertiary/aromatic N) is 2. The summed E-state index contributed by atoms with van der Waals surface area (Å²) in [5, 5.41) is 2.98. The van der Waals surface area contributed by atoms with Crippen molar-refractivity contribution in [3.63, 3.8) is 0 Å². The molecule has 0 aromatic heterocycles. The Morgan fingerprint density at radius 3 is 2.11 bits per heavy atom. The second-order valence-electron chi connectivity index (χ2n) is 8.46. The van der Waals surface area contributed by atoms with Crippen molar-refractivity contribution in [2.45, 2.75) is 31.3 Å². The van der Waals surface area contributed by atoms with E-state index in [1.807, 2.05) is 31.2 Å². The van der Waals surface area contributed by atoms with Gasteiger partial charge in [-0.1, -0.05) is 41.4 Å². The first-order valence-electron chi connectivity index (χ1n) is 11.6. The van der Waals surface area contributed by atoms with E-state index >= 15 is 0 Å². The minimum atomic E-state index is -4.16. The lowest BCUT2D eigenvalue weighted by Gasteiger charge is -2.31. The summed E-state index contributed by atoms with van der Waals surface area (Å²) in [6, 6.07) is 18.8. The third kappa shape index (κ3) is 6.81. The number of amides is 2. The number of rotatable bonds is 10. The molecule has 0 saturated carbocycles. The number of halogens is 1. The Morgan fingerprint density at radius 2 is 1.57 bits per heavy atom. The molecule has 3 aromatic carbocycles. The molecule has 0 fully saturated rings. The van der Waals surface area contributed by atoms with Gasteiger partial charge in [0.25, 0.3) is 10.0 Å². The molecule has 3 rings (SSSR count). The van der Waals surface area contributed by atoms with Gasteiger partial charge in [-0.2, -0.15) is 0 Å². The van der Waals surface area contributed by atoms with E-state index in [1.54, 1.807) is 19.1 Å². The molecule has 196 valence electrons. The molecule has 0 radical (unpaired) electrons. The van der Waals surface area contributed by atoms with Crippen LogP contribution < -0.4 is 14.4 Å². The van der Waals surface area contributed by atoms with Gasteiger partial charge in [0.2, 0.25) is 11.8 Å². The maximum atomic E-state index is 13.7. The number of anilines is 1. The standard InChI is InChI=1S/C27H30ClN3O5S/c1-19-5-7-21(8-6-19)17-30(20(2)27(33)29-3)26(32)18-31(23-11-9-22(28)10-12-23)37(34,35)25-15-13-24(36-4)14-16-25/h5-16,20H,17-18H2,1-4H3,(H,29,33)/t20-/m0/s1. The molecule has 2 amide bonds. The quantitative estimate of drug-likeness (QED) is 0.417. The third-order valence-electron chi connectivity index (χ3n) is 5.93. The highest BCUT2D eigenvalue weighted by Crippen LogP contribution is 2.27. The van der Waals surface area contributed by atoms with E-state index in [2.05, 4.69) is 5.32 Å². The van der Waals surface area contributed by atoms with E-state index in [9.17, 15) is 18.0 Å². The summed E-state index contributed by atoms with van der Waals surface area (Å²) in [5.74, 6) is -0.406. The Morgan fingerprint density at radius 1 is 0.973 bits per heavy atom. The fourth-order valence-corrected chi connectivity index (χ4v) is 5.23. The van der Waals surface area contributed by atoms with Crippen LogP contribution in [0.5, 0.6) is 5.75 Å². The molecule has 0 unspecified atom stereocenters. The predicted molar refractivity (Wildman–Crippen MR) is 144 cm³/mol. The van der Waals surface area contributed by atoms with Gasteiger partial charge in [-0.05, 0) is 67.9 Å². The molecule has 8 nitrogen and oxygen atoms in total. The van der Waals surface area contributed by atoms with E-state index < -0.39 is 28.5 Å². The molecule has 0 saturated heterocycles. The lowest BCUT2D eigenvalue weighted by atomic mass is 10.1. The van der Waals surface area contributed by atoms with Crippen LogP contribution in [0, 0.1) is 6.92 Å². The van der Waals surface area contributed by atoms with Crippen LogP contribution in [-0.4, -0.2) is 51.9 Å². The number of likely N-dealkylation sites (N-methyl/N-ethyl adjacent to an activating group) is 1. The molecule has 10 heteroatoms. The van der Waals surface area contributed by atoms with Crippen molar-refractivity contribution in [2.75, 3.05) is 25.0 Å². The highest BCUT2D eigenvalue weighted by Gasteiger charge is 2.32. The lowest BCUT2D eigenvalue weighted by molar-refractivity contribution is -0.139. The Balaban J connectivity index is 2.01. The van der Waals surface area contributed by atoms with Crippen molar-refractivity contribution in [1.29, 1.82) is 0 Å². The second kappa shape index (κ2) is 12.1. The molecule has 0 heterocycles. The van der Waals surface area contributed by atoms with Crippen LogP contribution >= 0.6 is 11.6 Å². The molecule has 1 N–H and O–H groups in total. The largest absolute Gasteiger partial charge is 0.497 e. The van der Waals surface area contributed by atoms with Crippen LogP contribution in [-0.2, 0) is 26.2 Å². The monoisotopic (exact) mass is 543 g/mol. The van der Waals surface area contributed by atoms with Crippen molar-refractivity contribution in [1.82, 2.24) is 10.2 Å². The van der Waals surface area contributed by atoms with E-state index in [1.165, 1.54) is 55.5 Å². The normalized spacial score (nSPS) is 11.9. The number of aryl methyl sites for hydroxylation is 1. The number of ether oxygens (including phenoxy) is 1. The summed E-state index contributed by atoms with van der Waals surface area (Å²) in [5.41, 5.74) is 2.13. The average Bonchev–Trinajstić information content (AvgIpc) is 2.91.